The molecule has 0 unspecified atom stereocenters. The van der Waals surface area contributed by atoms with Crippen LogP contribution >= 0.6 is 0 Å². The van der Waals surface area contributed by atoms with E-state index in [4.69, 9.17) is 5.73 Å². The van der Waals surface area contributed by atoms with Crippen molar-refractivity contribution in [1.29, 1.82) is 0 Å². The van der Waals surface area contributed by atoms with E-state index in [0.29, 0.717) is 22.9 Å². The van der Waals surface area contributed by atoms with E-state index >= 15 is 0 Å². The fraction of sp³-hybridized carbons (Fsp3) is 0.176. The highest BCUT2D eigenvalue weighted by Crippen LogP contribution is 2.12. The highest BCUT2D eigenvalue weighted by Gasteiger charge is 2.07. The van der Waals surface area contributed by atoms with Crippen molar-refractivity contribution < 1.29 is 9.53 Å². The van der Waals surface area contributed by atoms with Gasteiger partial charge in [0, 0.05) is 5.69 Å². The Morgan fingerprint density at radius 3 is 2.71 bits per heavy atom. The standard InChI is InChI=1S/C17H16N4O3/c1-24-16(23)11-5-2-10(3-6-11)4-7-12-8-13-14(9-19-12)20-17(18)21-15(13)22/h2-3,5-6,8-9H,4,7H2,1H3,(H3,18,20,21,22). The number of nitrogens with one attached hydrogen (secondary N) is 1. The third-order valence-corrected chi connectivity index (χ3v) is 3.71. The fourth-order valence-electron chi connectivity index (χ4n) is 2.44. The maximum absolute atomic E-state index is 11.9. The second-order valence-corrected chi connectivity index (χ2v) is 5.33. The van der Waals surface area contributed by atoms with Gasteiger partial charge >= 0.3 is 5.97 Å². The maximum Gasteiger partial charge on any atom is 0.337 e. The van der Waals surface area contributed by atoms with Crippen molar-refractivity contribution in [2.75, 3.05) is 12.8 Å². The number of methoxy groups -OCH3 is 1. The summed E-state index contributed by atoms with van der Waals surface area (Å²) in [4.78, 5) is 34.2. The molecule has 7 heteroatoms. The lowest BCUT2D eigenvalue weighted by atomic mass is 10.1. The molecule has 0 aliphatic heterocycles. The molecular formula is C17H16N4O3. The molecule has 7 nitrogen and oxygen atoms in total. The molecule has 0 atom stereocenters. The number of aromatic amines is 1. The molecule has 0 amide bonds. The van der Waals surface area contributed by atoms with Crippen LogP contribution in [0.25, 0.3) is 10.9 Å². The van der Waals surface area contributed by atoms with Crippen molar-refractivity contribution in [3.8, 4) is 0 Å². The summed E-state index contributed by atoms with van der Waals surface area (Å²) in [6, 6.07) is 8.94. The predicted molar refractivity (Wildman–Crippen MR) is 89.8 cm³/mol. The number of esters is 1. The number of H-pyrrole nitrogens is 1. The number of pyridine rings is 1. The highest BCUT2D eigenvalue weighted by atomic mass is 16.5. The van der Waals surface area contributed by atoms with Gasteiger partial charge in [-0.05, 0) is 36.6 Å². The minimum Gasteiger partial charge on any atom is -0.465 e. The lowest BCUT2D eigenvalue weighted by molar-refractivity contribution is 0.0600. The molecule has 0 fully saturated rings. The minimum absolute atomic E-state index is 0.0766. The second kappa shape index (κ2) is 6.49. The van der Waals surface area contributed by atoms with Gasteiger partial charge in [0.05, 0.1) is 29.8 Å². The Hall–Kier alpha value is -3.22. The average molecular weight is 324 g/mol. The van der Waals surface area contributed by atoms with Gasteiger partial charge in [0.15, 0.2) is 0 Å². The summed E-state index contributed by atoms with van der Waals surface area (Å²) in [5.41, 5.74) is 8.08. The van der Waals surface area contributed by atoms with Crippen LogP contribution in [0.2, 0.25) is 0 Å². The van der Waals surface area contributed by atoms with Gasteiger partial charge < -0.3 is 10.5 Å². The number of ether oxygens (including phenoxy) is 1. The Morgan fingerprint density at radius 1 is 1.25 bits per heavy atom. The summed E-state index contributed by atoms with van der Waals surface area (Å²) in [6.45, 7) is 0. The number of rotatable bonds is 4. The number of nitrogen functional groups attached to an aromatic ring is 1. The molecule has 2 heterocycles. The largest absolute Gasteiger partial charge is 0.465 e. The highest BCUT2D eigenvalue weighted by molar-refractivity contribution is 5.89. The van der Waals surface area contributed by atoms with E-state index in [1.807, 2.05) is 12.1 Å². The number of carbonyl (C=O) groups excluding carboxylic acids is 1. The average Bonchev–Trinajstić information content (AvgIpc) is 2.60. The molecule has 1 aromatic carbocycles. The van der Waals surface area contributed by atoms with Gasteiger partial charge in [0.2, 0.25) is 5.95 Å². The molecule has 0 aliphatic rings. The molecule has 3 aromatic rings. The van der Waals surface area contributed by atoms with E-state index in [0.717, 1.165) is 17.7 Å². The number of hydrogen-bond donors (Lipinski definition) is 2. The third-order valence-electron chi connectivity index (χ3n) is 3.71. The number of nitrogens with zero attached hydrogens (tertiary/aromatic N) is 2. The molecule has 122 valence electrons. The van der Waals surface area contributed by atoms with Gasteiger partial charge in [0.1, 0.15) is 0 Å². The van der Waals surface area contributed by atoms with Crippen LogP contribution in [0.15, 0.2) is 41.3 Å². The van der Waals surface area contributed by atoms with Gasteiger partial charge in [-0.15, -0.1) is 0 Å². The molecule has 0 spiro atoms. The Bertz CT molecular complexity index is 948. The van der Waals surface area contributed by atoms with Crippen LogP contribution in [-0.2, 0) is 17.6 Å². The first-order valence-electron chi connectivity index (χ1n) is 7.38. The number of aryl methyl sites for hydroxylation is 2. The van der Waals surface area contributed by atoms with Crippen molar-refractivity contribution in [2.24, 2.45) is 0 Å². The quantitative estimate of drug-likeness (QED) is 0.703. The molecule has 3 rings (SSSR count). The molecule has 0 saturated heterocycles. The van der Waals surface area contributed by atoms with Gasteiger partial charge in [-0.3, -0.25) is 14.8 Å². The first kappa shape index (κ1) is 15.7. The van der Waals surface area contributed by atoms with Crippen LogP contribution < -0.4 is 11.3 Å². The summed E-state index contributed by atoms with van der Waals surface area (Å²) in [5, 5.41) is 0.468. The Labute approximate surface area is 137 Å². The van der Waals surface area contributed by atoms with Crippen LogP contribution in [0, 0.1) is 0 Å². The van der Waals surface area contributed by atoms with Crippen LogP contribution in [0.4, 0.5) is 5.95 Å². The number of fused-ring (bicyclic) bond motifs is 1. The molecule has 24 heavy (non-hydrogen) atoms. The topological polar surface area (TPSA) is 111 Å². The molecule has 0 bridgehead atoms. The van der Waals surface area contributed by atoms with Crippen LogP contribution in [0.3, 0.4) is 0 Å². The number of aromatic nitrogens is 3. The zero-order valence-corrected chi connectivity index (χ0v) is 13.1. The smallest absolute Gasteiger partial charge is 0.337 e. The van der Waals surface area contributed by atoms with Gasteiger partial charge in [-0.1, -0.05) is 12.1 Å². The summed E-state index contributed by atoms with van der Waals surface area (Å²) < 4.78 is 4.67. The number of carbonyl (C=O) groups is 1. The first-order chi connectivity index (χ1) is 11.6. The number of hydrogen-bond acceptors (Lipinski definition) is 6. The Morgan fingerprint density at radius 2 is 2.00 bits per heavy atom. The van der Waals surface area contributed by atoms with Crippen molar-refractivity contribution in [3.05, 3.63) is 63.7 Å². The number of anilines is 1. The van der Waals surface area contributed by atoms with Gasteiger partial charge in [-0.25, -0.2) is 9.78 Å². The van der Waals surface area contributed by atoms with Crippen molar-refractivity contribution in [3.63, 3.8) is 0 Å². The van der Waals surface area contributed by atoms with Crippen molar-refractivity contribution >= 4 is 22.8 Å². The maximum atomic E-state index is 11.9. The van der Waals surface area contributed by atoms with Crippen LogP contribution in [-0.4, -0.2) is 28.0 Å². The molecule has 0 saturated carbocycles. The van der Waals surface area contributed by atoms with E-state index in [-0.39, 0.29) is 17.5 Å². The second-order valence-electron chi connectivity index (χ2n) is 5.33. The molecule has 3 N–H and O–H groups in total. The summed E-state index contributed by atoms with van der Waals surface area (Å²) in [6.07, 6.45) is 2.95. The monoisotopic (exact) mass is 324 g/mol. The Balaban J connectivity index is 1.76. The zero-order valence-electron chi connectivity index (χ0n) is 13.1. The molecular weight excluding hydrogens is 308 g/mol. The lowest BCUT2D eigenvalue weighted by Gasteiger charge is -2.05. The van der Waals surface area contributed by atoms with Crippen LogP contribution in [0.5, 0.6) is 0 Å². The normalized spacial score (nSPS) is 10.7. The Kier molecular flexibility index (Phi) is 4.24. The van der Waals surface area contributed by atoms with E-state index in [1.54, 1.807) is 24.4 Å². The van der Waals surface area contributed by atoms with Crippen molar-refractivity contribution in [1.82, 2.24) is 15.0 Å². The SMILES string of the molecule is COC(=O)c1ccc(CCc2cc3c(=O)[nH]c(N)nc3cn2)cc1. The summed E-state index contributed by atoms with van der Waals surface area (Å²) in [5.74, 6) is -0.281. The molecule has 0 radical (unpaired) electrons. The summed E-state index contributed by atoms with van der Waals surface area (Å²) in [7, 11) is 1.35. The van der Waals surface area contributed by atoms with E-state index < -0.39 is 0 Å². The van der Waals surface area contributed by atoms with Crippen molar-refractivity contribution in [2.45, 2.75) is 12.8 Å². The molecule has 2 aromatic heterocycles. The zero-order chi connectivity index (χ0) is 17.1. The third kappa shape index (κ3) is 3.24. The molecule has 0 aliphatic carbocycles. The lowest BCUT2D eigenvalue weighted by Crippen LogP contribution is -2.12. The summed E-state index contributed by atoms with van der Waals surface area (Å²) >= 11 is 0. The fourth-order valence-corrected chi connectivity index (χ4v) is 2.44. The number of nitrogens with two attached hydrogens (primary N) is 1. The van der Waals surface area contributed by atoms with Crippen LogP contribution in [0.1, 0.15) is 21.6 Å². The van der Waals surface area contributed by atoms with Gasteiger partial charge in [0.25, 0.3) is 5.56 Å². The van der Waals surface area contributed by atoms with Gasteiger partial charge in [-0.2, -0.15) is 0 Å². The minimum atomic E-state index is -0.358. The number of benzene rings is 1. The van der Waals surface area contributed by atoms with E-state index in [9.17, 15) is 9.59 Å². The van der Waals surface area contributed by atoms with E-state index in [2.05, 4.69) is 19.7 Å². The predicted octanol–water partition coefficient (Wildman–Crippen LogP) is 1.47. The first-order valence-corrected chi connectivity index (χ1v) is 7.38. The van der Waals surface area contributed by atoms with E-state index in [1.165, 1.54) is 7.11 Å².